The summed E-state index contributed by atoms with van der Waals surface area (Å²) in [5.74, 6) is 0.825. The Labute approximate surface area is 165 Å². The van der Waals surface area contributed by atoms with Gasteiger partial charge in [0, 0.05) is 17.7 Å². The molecule has 0 N–H and O–H groups in total. The first-order chi connectivity index (χ1) is 12.9. The van der Waals surface area contributed by atoms with Crippen molar-refractivity contribution in [3.63, 3.8) is 0 Å². The maximum Gasteiger partial charge on any atom is 0.251 e. The van der Waals surface area contributed by atoms with Crippen molar-refractivity contribution in [2.24, 2.45) is 10.9 Å². The molecule has 0 unspecified atom stereocenters. The number of aliphatic imine (C=N–C) groups is 1. The number of thioether (sulfide) groups is 1. The van der Waals surface area contributed by atoms with E-state index in [0.717, 1.165) is 24.2 Å². The third-order valence-electron chi connectivity index (χ3n) is 5.20. The van der Waals surface area contributed by atoms with Crippen LogP contribution in [0.25, 0.3) is 0 Å². The lowest BCUT2D eigenvalue weighted by Crippen LogP contribution is -2.37. The van der Waals surface area contributed by atoms with Crippen LogP contribution < -0.4 is 4.74 Å². The van der Waals surface area contributed by atoms with Gasteiger partial charge in [0.15, 0.2) is 15.0 Å². The molecule has 6 nitrogen and oxygen atoms in total. The van der Waals surface area contributed by atoms with Crippen molar-refractivity contribution in [2.75, 3.05) is 18.6 Å². The second-order valence-corrected chi connectivity index (χ2v) is 10.4. The lowest BCUT2D eigenvalue weighted by molar-refractivity contribution is -0.121. The number of rotatable bonds is 6. The Kier molecular flexibility index (Phi) is 6.15. The Hall–Kier alpha value is -1.54. The monoisotopic (exact) mass is 410 g/mol. The molecule has 2 saturated heterocycles. The summed E-state index contributed by atoms with van der Waals surface area (Å²) < 4.78 is 29.5. The summed E-state index contributed by atoms with van der Waals surface area (Å²) in [4.78, 5) is 18.9. The van der Waals surface area contributed by atoms with Gasteiger partial charge in [-0.25, -0.2) is 8.42 Å². The number of fused-ring (bicyclic) bond motifs is 1. The van der Waals surface area contributed by atoms with Crippen LogP contribution >= 0.6 is 11.8 Å². The summed E-state index contributed by atoms with van der Waals surface area (Å²) >= 11 is 1.43. The second kappa shape index (κ2) is 8.22. The highest BCUT2D eigenvalue weighted by Crippen LogP contribution is 2.39. The van der Waals surface area contributed by atoms with Gasteiger partial charge >= 0.3 is 0 Å². The smallest absolute Gasteiger partial charge is 0.251 e. The zero-order valence-corrected chi connectivity index (χ0v) is 17.6. The average Bonchev–Trinajstić information content (AvgIpc) is 3.08. The minimum Gasteiger partial charge on any atom is -0.497 e. The van der Waals surface area contributed by atoms with E-state index in [1.54, 1.807) is 7.11 Å². The molecule has 0 radical (unpaired) electrons. The first kappa shape index (κ1) is 20.2. The number of hydrogen-bond donors (Lipinski definition) is 0. The predicted octanol–water partition coefficient (Wildman–Crippen LogP) is 2.73. The number of benzene rings is 1. The summed E-state index contributed by atoms with van der Waals surface area (Å²) in [5, 5.41) is 0.591. The molecular formula is C19H26N2O4S2. The van der Waals surface area contributed by atoms with Gasteiger partial charge in [0.25, 0.3) is 5.91 Å². The molecule has 2 fully saturated rings. The molecule has 0 spiro atoms. The van der Waals surface area contributed by atoms with Crippen LogP contribution in [-0.4, -0.2) is 54.3 Å². The molecule has 2 aliphatic rings. The number of carbonyl (C=O) groups excluding carboxylic acids is 1. The van der Waals surface area contributed by atoms with Gasteiger partial charge in [-0.2, -0.15) is 4.99 Å². The normalized spacial score (nSPS) is 25.2. The molecule has 2 heterocycles. The number of ether oxygens (including phenoxy) is 1. The maximum absolute atomic E-state index is 12.5. The lowest BCUT2D eigenvalue weighted by Gasteiger charge is -2.25. The van der Waals surface area contributed by atoms with Crippen LogP contribution in [0.3, 0.4) is 0 Å². The van der Waals surface area contributed by atoms with Gasteiger partial charge < -0.3 is 9.64 Å². The van der Waals surface area contributed by atoms with Crippen LogP contribution in [0, 0.1) is 5.92 Å². The van der Waals surface area contributed by atoms with Gasteiger partial charge in [-0.3, -0.25) is 4.79 Å². The van der Waals surface area contributed by atoms with Crippen molar-refractivity contribution in [1.29, 1.82) is 0 Å². The minimum absolute atomic E-state index is 0.0612. The van der Waals surface area contributed by atoms with Gasteiger partial charge in [-0.05, 0) is 30.5 Å². The second-order valence-electron chi connectivity index (χ2n) is 7.03. The van der Waals surface area contributed by atoms with Crippen molar-refractivity contribution in [3.8, 4) is 5.75 Å². The third kappa shape index (κ3) is 4.48. The molecular weight excluding hydrogens is 384 g/mol. The van der Waals surface area contributed by atoms with E-state index in [4.69, 9.17) is 4.74 Å². The van der Waals surface area contributed by atoms with E-state index in [1.165, 1.54) is 11.8 Å². The number of amides is 1. The molecule has 2 aliphatic heterocycles. The molecule has 2 atom stereocenters. The fourth-order valence-corrected chi connectivity index (χ4v) is 7.57. The summed E-state index contributed by atoms with van der Waals surface area (Å²) in [6.07, 6.45) is 1.52. The largest absolute Gasteiger partial charge is 0.497 e. The molecule has 1 aromatic rings. The first-order valence-electron chi connectivity index (χ1n) is 9.26. The van der Waals surface area contributed by atoms with E-state index >= 15 is 0 Å². The number of nitrogens with zero attached hydrogens (tertiary/aromatic N) is 2. The van der Waals surface area contributed by atoms with Crippen molar-refractivity contribution in [3.05, 3.63) is 29.8 Å². The third-order valence-corrected chi connectivity index (χ3v) is 8.45. The Morgan fingerprint density at radius 2 is 2.07 bits per heavy atom. The van der Waals surface area contributed by atoms with Crippen molar-refractivity contribution < 1.29 is 17.9 Å². The van der Waals surface area contributed by atoms with Crippen LogP contribution in [0.1, 0.15) is 32.3 Å². The van der Waals surface area contributed by atoms with Gasteiger partial charge in [0.05, 0.1) is 24.7 Å². The van der Waals surface area contributed by atoms with Gasteiger partial charge in [0.1, 0.15) is 5.75 Å². The molecule has 3 rings (SSSR count). The van der Waals surface area contributed by atoms with E-state index in [9.17, 15) is 13.2 Å². The minimum atomic E-state index is -3.05. The molecule has 0 aromatic heterocycles. The highest BCUT2D eigenvalue weighted by molar-refractivity contribution is 8.15. The Morgan fingerprint density at radius 1 is 1.33 bits per heavy atom. The first-order valence-corrected chi connectivity index (χ1v) is 12.0. The van der Waals surface area contributed by atoms with Crippen LogP contribution in [0.15, 0.2) is 29.3 Å². The van der Waals surface area contributed by atoms with E-state index in [2.05, 4.69) is 4.99 Å². The molecule has 0 bridgehead atoms. The molecule has 8 heteroatoms. The highest BCUT2D eigenvalue weighted by atomic mass is 32.2. The number of amidine groups is 1. The highest BCUT2D eigenvalue weighted by Gasteiger charge is 2.48. The fourth-order valence-electron chi connectivity index (χ4n) is 3.61. The summed E-state index contributed by atoms with van der Waals surface area (Å²) in [6.45, 7) is 4.49. The quantitative estimate of drug-likeness (QED) is 0.718. The zero-order valence-electron chi connectivity index (χ0n) is 15.9. The van der Waals surface area contributed by atoms with Crippen LogP contribution in [0.5, 0.6) is 5.75 Å². The van der Waals surface area contributed by atoms with Crippen molar-refractivity contribution in [1.82, 2.24) is 4.90 Å². The molecule has 0 saturated carbocycles. The SMILES string of the molecule is CCC(CC)C(=O)N=C1S[C@H]2CS(=O)(=O)C[C@@H]2N1Cc1cccc(OC)c1. The van der Waals surface area contributed by atoms with E-state index in [0.29, 0.717) is 11.7 Å². The van der Waals surface area contributed by atoms with E-state index in [1.807, 2.05) is 43.0 Å². The fraction of sp³-hybridized carbons (Fsp3) is 0.579. The molecule has 1 aromatic carbocycles. The average molecular weight is 411 g/mol. The lowest BCUT2D eigenvalue weighted by atomic mass is 10.0. The molecule has 0 aliphatic carbocycles. The summed E-state index contributed by atoms with van der Waals surface area (Å²) in [6, 6.07) is 7.55. The van der Waals surface area contributed by atoms with E-state index < -0.39 is 9.84 Å². The van der Waals surface area contributed by atoms with Crippen molar-refractivity contribution >= 4 is 32.7 Å². The topological polar surface area (TPSA) is 76.0 Å². The molecule has 27 heavy (non-hydrogen) atoms. The molecule has 1 amide bonds. The van der Waals surface area contributed by atoms with Crippen LogP contribution in [-0.2, 0) is 21.2 Å². The number of methoxy groups -OCH3 is 1. The predicted molar refractivity (Wildman–Crippen MR) is 109 cm³/mol. The van der Waals surface area contributed by atoms with Gasteiger partial charge in [-0.15, -0.1) is 0 Å². The Balaban J connectivity index is 1.89. The van der Waals surface area contributed by atoms with Crippen molar-refractivity contribution in [2.45, 2.75) is 44.5 Å². The Morgan fingerprint density at radius 3 is 2.74 bits per heavy atom. The summed E-state index contributed by atoms with van der Waals surface area (Å²) in [5.41, 5.74) is 1.00. The standard InChI is InChI=1S/C19H26N2O4S2/c1-4-14(5-2)18(22)20-19-21(10-13-7-6-8-15(9-13)25-3)16-11-27(23,24)12-17(16)26-19/h6-9,14,16-17H,4-5,10-12H2,1-3H3/t16-,17-/m0/s1. The van der Waals surface area contributed by atoms with Gasteiger partial charge in [0.2, 0.25) is 0 Å². The van der Waals surface area contributed by atoms with Gasteiger partial charge in [-0.1, -0.05) is 37.7 Å². The Bertz CT molecular complexity index is 834. The summed E-state index contributed by atoms with van der Waals surface area (Å²) in [7, 11) is -1.43. The number of sulfone groups is 1. The van der Waals surface area contributed by atoms with E-state index in [-0.39, 0.29) is 34.6 Å². The zero-order chi connectivity index (χ0) is 19.6. The maximum atomic E-state index is 12.5. The van der Waals surface area contributed by atoms with Crippen LogP contribution in [0.4, 0.5) is 0 Å². The number of hydrogen-bond acceptors (Lipinski definition) is 5. The number of carbonyl (C=O) groups is 1. The molecule has 148 valence electrons. The van der Waals surface area contributed by atoms with Crippen LogP contribution in [0.2, 0.25) is 0 Å².